The highest BCUT2D eigenvalue weighted by atomic mass is 79.9. The summed E-state index contributed by atoms with van der Waals surface area (Å²) in [5.41, 5.74) is 0. The Kier molecular flexibility index (Phi) is 5.03. The average Bonchev–Trinajstić information content (AvgIpc) is 2.73. The molecule has 3 unspecified atom stereocenters. The van der Waals surface area contributed by atoms with E-state index in [1.54, 1.807) is 11.3 Å². The first-order valence-corrected chi connectivity index (χ1v) is 7.93. The van der Waals surface area contributed by atoms with Crippen molar-refractivity contribution in [1.29, 1.82) is 0 Å². The fraction of sp³-hybridized carbons (Fsp3) is 0.692. The monoisotopic (exact) mass is 317 g/mol. The summed E-state index contributed by atoms with van der Waals surface area (Å²) in [7, 11) is 0. The van der Waals surface area contributed by atoms with E-state index in [1.165, 1.54) is 21.5 Å². The van der Waals surface area contributed by atoms with Crippen molar-refractivity contribution >= 4 is 27.3 Å². The molecular weight excluding hydrogens is 298 g/mol. The number of rotatable bonds is 4. The first-order chi connectivity index (χ1) is 8.15. The molecule has 4 heteroatoms. The van der Waals surface area contributed by atoms with Gasteiger partial charge < -0.3 is 10.4 Å². The molecule has 0 saturated heterocycles. The standard InChI is InChI=1S/C13H20BrNOS/c1-9(12-5-6-13(14)17-12)15-8-10-3-2-4-11(16)7-10/h5-6,9-11,15-16H,2-4,7-8H2,1H3. The molecule has 0 aliphatic heterocycles. The number of halogens is 1. The fourth-order valence-electron chi connectivity index (χ4n) is 2.45. The van der Waals surface area contributed by atoms with Gasteiger partial charge in [0.15, 0.2) is 0 Å². The molecule has 1 aromatic heterocycles. The van der Waals surface area contributed by atoms with E-state index in [0.717, 1.165) is 19.4 Å². The van der Waals surface area contributed by atoms with Crippen molar-refractivity contribution in [3.63, 3.8) is 0 Å². The van der Waals surface area contributed by atoms with Gasteiger partial charge in [-0.05, 0) is 66.7 Å². The highest BCUT2D eigenvalue weighted by Gasteiger charge is 2.20. The van der Waals surface area contributed by atoms with Crippen LogP contribution in [0.2, 0.25) is 0 Å². The van der Waals surface area contributed by atoms with E-state index < -0.39 is 0 Å². The topological polar surface area (TPSA) is 32.3 Å². The molecular formula is C13H20BrNOS. The summed E-state index contributed by atoms with van der Waals surface area (Å²) in [5, 5.41) is 13.2. The zero-order chi connectivity index (χ0) is 12.3. The Morgan fingerprint density at radius 3 is 3.00 bits per heavy atom. The largest absolute Gasteiger partial charge is 0.393 e. The summed E-state index contributed by atoms with van der Waals surface area (Å²) in [6.07, 6.45) is 4.32. The maximum atomic E-state index is 9.63. The second-order valence-electron chi connectivity index (χ2n) is 4.96. The Hall–Kier alpha value is 0.1000. The van der Waals surface area contributed by atoms with Gasteiger partial charge in [-0.1, -0.05) is 6.42 Å². The van der Waals surface area contributed by atoms with Crippen LogP contribution in [0.5, 0.6) is 0 Å². The molecule has 3 atom stereocenters. The molecule has 1 aromatic rings. The third-order valence-corrected chi connectivity index (χ3v) is 5.29. The van der Waals surface area contributed by atoms with Crippen molar-refractivity contribution in [2.24, 2.45) is 5.92 Å². The summed E-state index contributed by atoms with van der Waals surface area (Å²) in [6, 6.07) is 4.68. The predicted molar refractivity (Wildman–Crippen MR) is 76.4 cm³/mol. The lowest BCUT2D eigenvalue weighted by Gasteiger charge is -2.27. The second kappa shape index (κ2) is 6.32. The SMILES string of the molecule is CC(NCC1CCCC(O)C1)c1ccc(Br)s1. The van der Waals surface area contributed by atoms with Crippen molar-refractivity contribution in [3.05, 3.63) is 20.8 Å². The van der Waals surface area contributed by atoms with Gasteiger partial charge in [-0.2, -0.15) is 0 Å². The molecule has 0 radical (unpaired) electrons. The van der Waals surface area contributed by atoms with Gasteiger partial charge in [0, 0.05) is 10.9 Å². The van der Waals surface area contributed by atoms with E-state index in [4.69, 9.17) is 0 Å². The van der Waals surface area contributed by atoms with Crippen LogP contribution in [0.1, 0.15) is 43.5 Å². The van der Waals surface area contributed by atoms with E-state index in [2.05, 4.69) is 40.3 Å². The molecule has 1 saturated carbocycles. The molecule has 0 bridgehead atoms. The Bertz CT molecular complexity index is 355. The molecule has 2 N–H and O–H groups in total. The highest BCUT2D eigenvalue weighted by molar-refractivity contribution is 9.11. The molecule has 0 spiro atoms. The third kappa shape index (κ3) is 4.05. The van der Waals surface area contributed by atoms with Gasteiger partial charge in [0.05, 0.1) is 9.89 Å². The predicted octanol–water partition coefficient (Wildman–Crippen LogP) is 3.71. The smallest absolute Gasteiger partial charge is 0.0701 e. The average molecular weight is 318 g/mol. The van der Waals surface area contributed by atoms with E-state index in [1.807, 2.05) is 0 Å². The van der Waals surface area contributed by atoms with Crippen LogP contribution in [0, 0.1) is 5.92 Å². The van der Waals surface area contributed by atoms with Crippen LogP contribution in [-0.2, 0) is 0 Å². The van der Waals surface area contributed by atoms with Crippen LogP contribution in [-0.4, -0.2) is 17.8 Å². The first kappa shape index (κ1) is 13.5. The number of aliphatic hydroxyl groups excluding tert-OH is 1. The minimum atomic E-state index is -0.0678. The highest BCUT2D eigenvalue weighted by Crippen LogP contribution is 2.28. The maximum absolute atomic E-state index is 9.63. The molecule has 2 nitrogen and oxygen atoms in total. The van der Waals surface area contributed by atoms with Gasteiger partial charge in [-0.25, -0.2) is 0 Å². The van der Waals surface area contributed by atoms with Crippen LogP contribution >= 0.6 is 27.3 Å². The van der Waals surface area contributed by atoms with Gasteiger partial charge in [0.1, 0.15) is 0 Å². The normalized spacial score (nSPS) is 27.0. The minimum Gasteiger partial charge on any atom is -0.393 e. The van der Waals surface area contributed by atoms with Crippen molar-refractivity contribution in [3.8, 4) is 0 Å². The van der Waals surface area contributed by atoms with Gasteiger partial charge in [-0.3, -0.25) is 0 Å². The van der Waals surface area contributed by atoms with Crippen LogP contribution in [0.25, 0.3) is 0 Å². The molecule has 1 aliphatic carbocycles. The van der Waals surface area contributed by atoms with Crippen LogP contribution in [0.4, 0.5) is 0 Å². The molecule has 17 heavy (non-hydrogen) atoms. The number of thiophene rings is 1. The van der Waals surface area contributed by atoms with Crippen molar-refractivity contribution in [2.45, 2.75) is 44.8 Å². The van der Waals surface area contributed by atoms with E-state index in [9.17, 15) is 5.11 Å². The Morgan fingerprint density at radius 1 is 1.53 bits per heavy atom. The minimum absolute atomic E-state index is 0.0678. The number of aliphatic hydroxyl groups is 1. The van der Waals surface area contributed by atoms with Crippen molar-refractivity contribution < 1.29 is 5.11 Å². The number of nitrogens with one attached hydrogen (secondary N) is 1. The van der Waals surface area contributed by atoms with E-state index in [-0.39, 0.29) is 6.10 Å². The summed E-state index contributed by atoms with van der Waals surface area (Å²) >= 11 is 5.28. The lowest BCUT2D eigenvalue weighted by molar-refractivity contribution is 0.0998. The lowest BCUT2D eigenvalue weighted by Crippen LogP contribution is -2.30. The zero-order valence-corrected chi connectivity index (χ0v) is 12.6. The van der Waals surface area contributed by atoms with Gasteiger partial charge in [0.25, 0.3) is 0 Å². The Balaban J connectivity index is 1.77. The summed E-state index contributed by atoms with van der Waals surface area (Å²) in [6.45, 7) is 3.23. The van der Waals surface area contributed by atoms with Crippen molar-refractivity contribution in [2.75, 3.05) is 6.54 Å². The van der Waals surface area contributed by atoms with Gasteiger partial charge in [0.2, 0.25) is 0 Å². The lowest BCUT2D eigenvalue weighted by atomic mass is 9.87. The molecule has 96 valence electrons. The van der Waals surface area contributed by atoms with Gasteiger partial charge >= 0.3 is 0 Å². The fourth-order valence-corrected chi connectivity index (χ4v) is 3.90. The second-order valence-corrected chi connectivity index (χ2v) is 7.45. The number of hydrogen-bond acceptors (Lipinski definition) is 3. The van der Waals surface area contributed by atoms with Crippen molar-refractivity contribution in [1.82, 2.24) is 5.32 Å². The van der Waals surface area contributed by atoms with E-state index in [0.29, 0.717) is 12.0 Å². The maximum Gasteiger partial charge on any atom is 0.0701 e. The molecule has 0 aromatic carbocycles. The molecule has 2 rings (SSSR count). The zero-order valence-electron chi connectivity index (χ0n) is 10.2. The molecule has 1 aliphatic rings. The Labute approximate surface area is 116 Å². The van der Waals surface area contributed by atoms with Crippen LogP contribution in [0.3, 0.4) is 0 Å². The summed E-state index contributed by atoms with van der Waals surface area (Å²) < 4.78 is 1.19. The third-order valence-electron chi connectivity index (χ3n) is 3.49. The molecule has 1 heterocycles. The van der Waals surface area contributed by atoms with Crippen LogP contribution < -0.4 is 5.32 Å². The molecule has 1 fully saturated rings. The first-order valence-electron chi connectivity index (χ1n) is 6.32. The summed E-state index contributed by atoms with van der Waals surface area (Å²) in [5.74, 6) is 0.643. The quantitative estimate of drug-likeness (QED) is 0.887. The molecule has 0 amide bonds. The Morgan fingerprint density at radius 2 is 2.35 bits per heavy atom. The summed E-state index contributed by atoms with van der Waals surface area (Å²) in [4.78, 5) is 1.37. The van der Waals surface area contributed by atoms with E-state index >= 15 is 0 Å². The number of hydrogen-bond donors (Lipinski definition) is 2. The van der Waals surface area contributed by atoms with Gasteiger partial charge in [-0.15, -0.1) is 11.3 Å². The van der Waals surface area contributed by atoms with Crippen LogP contribution in [0.15, 0.2) is 15.9 Å².